The highest BCUT2D eigenvalue weighted by molar-refractivity contribution is 5.80. The molecule has 0 bridgehead atoms. The van der Waals surface area contributed by atoms with Gasteiger partial charge < -0.3 is 20.6 Å². The van der Waals surface area contributed by atoms with Gasteiger partial charge in [0.1, 0.15) is 6.10 Å². The van der Waals surface area contributed by atoms with E-state index in [1.807, 2.05) is 0 Å². The van der Waals surface area contributed by atoms with Gasteiger partial charge in [0.15, 0.2) is 0 Å². The zero-order valence-corrected chi connectivity index (χ0v) is 22.0. The van der Waals surface area contributed by atoms with E-state index in [-0.39, 0.29) is 6.61 Å². The van der Waals surface area contributed by atoms with Gasteiger partial charge in [-0.2, -0.15) is 0 Å². The lowest BCUT2D eigenvalue weighted by Crippen LogP contribution is -2.49. The van der Waals surface area contributed by atoms with Gasteiger partial charge in [-0.15, -0.1) is 0 Å². The Kier molecular flexibility index (Phi) is 24.0. The number of aliphatic hydroxyl groups excluding tert-OH is 3. The van der Waals surface area contributed by atoms with Gasteiger partial charge in [0.25, 0.3) is 0 Å². The molecule has 4 N–H and O–H groups in total. The first-order chi connectivity index (χ1) is 16.1. The van der Waals surface area contributed by atoms with Crippen LogP contribution in [0.4, 0.5) is 0 Å². The summed E-state index contributed by atoms with van der Waals surface area (Å²) in [6, 6.07) is -0.700. The van der Waals surface area contributed by atoms with Gasteiger partial charge in [-0.1, -0.05) is 136 Å². The summed E-state index contributed by atoms with van der Waals surface area (Å²) in [4.78, 5) is 12.2. The highest BCUT2D eigenvalue weighted by atomic mass is 16.3. The number of carbonyl (C=O) groups is 1. The maximum Gasteiger partial charge on any atom is 0.249 e. The first kappa shape index (κ1) is 32.4. The smallest absolute Gasteiger partial charge is 0.249 e. The molecule has 0 heterocycles. The van der Waals surface area contributed by atoms with Crippen molar-refractivity contribution in [1.29, 1.82) is 0 Å². The van der Waals surface area contributed by atoms with Crippen LogP contribution < -0.4 is 5.32 Å². The molecule has 0 saturated carbocycles. The maximum absolute atomic E-state index is 12.2. The summed E-state index contributed by atoms with van der Waals surface area (Å²) in [5.74, 6) is -0.480. The molecule has 0 saturated heterocycles. The van der Waals surface area contributed by atoms with Crippen molar-refractivity contribution in [2.24, 2.45) is 0 Å². The number of aliphatic hydroxyl groups is 3. The van der Waals surface area contributed by atoms with Crippen molar-refractivity contribution < 1.29 is 20.1 Å². The Hall–Kier alpha value is -0.650. The van der Waals surface area contributed by atoms with Crippen LogP contribution in [-0.4, -0.2) is 46.1 Å². The molecule has 0 aliphatic heterocycles. The predicted molar refractivity (Wildman–Crippen MR) is 139 cm³/mol. The largest absolute Gasteiger partial charge is 0.394 e. The molecule has 0 fully saturated rings. The molecule has 0 aliphatic carbocycles. The maximum atomic E-state index is 12.2. The van der Waals surface area contributed by atoms with Crippen LogP contribution in [-0.2, 0) is 4.79 Å². The number of unbranched alkanes of at least 4 members (excludes halogenated alkanes) is 17. The van der Waals surface area contributed by atoms with E-state index >= 15 is 0 Å². The van der Waals surface area contributed by atoms with Crippen molar-refractivity contribution >= 4 is 5.91 Å². The fourth-order valence-electron chi connectivity index (χ4n) is 4.36. The first-order valence-corrected chi connectivity index (χ1v) is 14.3. The van der Waals surface area contributed by atoms with E-state index in [0.29, 0.717) is 12.8 Å². The fourth-order valence-corrected chi connectivity index (χ4v) is 4.36. The molecule has 5 nitrogen and oxygen atoms in total. The molecule has 33 heavy (non-hydrogen) atoms. The Morgan fingerprint density at radius 1 is 0.606 bits per heavy atom. The lowest BCUT2D eigenvalue weighted by molar-refractivity contribution is -0.131. The van der Waals surface area contributed by atoms with Crippen molar-refractivity contribution in [2.45, 2.75) is 167 Å². The lowest BCUT2D eigenvalue weighted by Gasteiger charge is -2.23. The first-order valence-electron chi connectivity index (χ1n) is 14.3. The third-order valence-corrected chi connectivity index (χ3v) is 6.73. The summed E-state index contributed by atoms with van der Waals surface area (Å²) in [6.07, 6.45) is 22.4. The van der Waals surface area contributed by atoms with E-state index in [4.69, 9.17) is 0 Å². The highest BCUT2D eigenvalue weighted by Gasteiger charge is 2.23. The van der Waals surface area contributed by atoms with Gasteiger partial charge in [0, 0.05) is 0 Å². The summed E-state index contributed by atoms with van der Waals surface area (Å²) in [5.41, 5.74) is 0. The Labute approximate surface area is 205 Å². The van der Waals surface area contributed by atoms with E-state index < -0.39 is 24.2 Å². The van der Waals surface area contributed by atoms with Gasteiger partial charge >= 0.3 is 0 Å². The van der Waals surface area contributed by atoms with E-state index in [2.05, 4.69) is 19.2 Å². The SMILES string of the molecule is CCCCCCCCCCCCCCC[C@@H](O)[C@H](CO)NC(=O)[C@@H](O)CCCCCCCC. The second kappa shape index (κ2) is 24.5. The Morgan fingerprint density at radius 2 is 0.970 bits per heavy atom. The number of rotatable bonds is 25. The zero-order chi connectivity index (χ0) is 24.6. The average molecular weight is 472 g/mol. The standard InChI is InChI=1S/C28H57NO4/c1-3-5-7-9-11-12-13-14-15-16-17-19-20-22-26(31)25(24-30)29-28(33)27(32)23-21-18-10-8-6-4-2/h25-27,30-32H,3-24H2,1-2H3,(H,29,33)/t25-,26+,27-/m0/s1. The lowest BCUT2D eigenvalue weighted by atomic mass is 10.0. The summed E-state index contributed by atoms with van der Waals surface area (Å²) >= 11 is 0. The zero-order valence-electron chi connectivity index (χ0n) is 22.0. The van der Waals surface area contributed by atoms with Crippen molar-refractivity contribution in [1.82, 2.24) is 5.32 Å². The third kappa shape index (κ3) is 20.4. The number of nitrogens with one attached hydrogen (secondary N) is 1. The van der Waals surface area contributed by atoms with Gasteiger partial charge in [0.05, 0.1) is 18.8 Å². The normalized spacial score (nSPS) is 14.2. The molecule has 0 aromatic heterocycles. The minimum atomic E-state index is -1.06. The molecule has 0 aromatic rings. The number of carbonyl (C=O) groups excluding carboxylic acids is 1. The van der Waals surface area contributed by atoms with E-state index in [1.165, 1.54) is 89.9 Å². The Bertz CT molecular complexity index is 419. The number of hydrogen-bond acceptors (Lipinski definition) is 4. The van der Waals surface area contributed by atoms with Crippen molar-refractivity contribution in [2.75, 3.05) is 6.61 Å². The van der Waals surface area contributed by atoms with Crippen LogP contribution in [0.5, 0.6) is 0 Å². The van der Waals surface area contributed by atoms with Crippen molar-refractivity contribution in [3.8, 4) is 0 Å². The molecular formula is C28H57NO4. The van der Waals surface area contributed by atoms with Crippen LogP contribution in [0.3, 0.4) is 0 Å². The second-order valence-corrected chi connectivity index (χ2v) is 9.97. The monoisotopic (exact) mass is 471 g/mol. The molecule has 0 radical (unpaired) electrons. The quantitative estimate of drug-likeness (QED) is 0.116. The van der Waals surface area contributed by atoms with E-state index in [9.17, 15) is 20.1 Å². The Balaban J connectivity index is 3.72. The van der Waals surface area contributed by atoms with Gasteiger partial charge in [-0.25, -0.2) is 0 Å². The molecule has 3 atom stereocenters. The van der Waals surface area contributed by atoms with Crippen molar-refractivity contribution in [3.63, 3.8) is 0 Å². The molecular weight excluding hydrogens is 414 g/mol. The van der Waals surface area contributed by atoms with Crippen LogP contribution in [0.2, 0.25) is 0 Å². The van der Waals surface area contributed by atoms with Crippen LogP contribution in [0, 0.1) is 0 Å². The average Bonchev–Trinajstić information content (AvgIpc) is 2.82. The highest BCUT2D eigenvalue weighted by Crippen LogP contribution is 2.14. The molecule has 198 valence electrons. The number of amides is 1. The second-order valence-electron chi connectivity index (χ2n) is 9.97. The minimum Gasteiger partial charge on any atom is -0.394 e. The fraction of sp³-hybridized carbons (Fsp3) is 0.964. The summed E-state index contributed by atoms with van der Waals surface area (Å²) in [5, 5.41) is 32.6. The van der Waals surface area contributed by atoms with Gasteiger partial charge in [-0.3, -0.25) is 4.79 Å². The van der Waals surface area contributed by atoms with E-state index in [0.717, 1.165) is 32.1 Å². The summed E-state index contributed by atoms with van der Waals surface area (Å²) < 4.78 is 0. The van der Waals surface area contributed by atoms with Crippen LogP contribution in [0.15, 0.2) is 0 Å². The molecule has 1 amide bonds. The van der Waals surface area contributed by atoms with Crippen LogP contribution in [0.1, 0.15) is 149 Å². The van der Waals surface area contributed by atoms with Crippen LogP contribution in [0.25, 0.3) is 0 Å². The Morgan fingerprint density at radius 3 is 1.36 bits per heavy atom. The van der Waals surface area contributed by atoms with Crippen molar-refractivity contribution in [3.05, 3.63) is 0 Å². The molecule has 0 aliphatic rings. The molecule has 0 unspecified atom stereocenters. The van der Waals surface area contributed by atoms with Crippen LogP contribution >= 0.6 is 0 Å². The predicted octanol–water partition coefficient (Wildman–Crippen LogP) is 6.42. The third-order valence-electron chi connectivity index (χ3n) is 6.73. The van der Waals surface area contributed by atoms with Gasteiger partial charge in [-0.05, 0) is 12.8 Å². The minimum absolute atomic E-state index is 0.310. The topological polar surface area (TPSA) is 89.8 Å². The number of hydrogen-bond donors (Lipinski definition) is 4. The van der Waals surface area contributed by atoms with Gasteiger partial charge in [0.2, 0.25) is 5.91 Å². The molecule has 0 aromatic carbocycles. The van der Waals surface area contributed by atoms with E-state index in [1.54, 1.807) is 0 Å². The summed E-state index contributed by atoms with van der Waals surface area (Å²) in [7, 11) is 0. The molecule has 5 heteroatoms. The summed E-state index contributed by atoms with van der Waals surface area (Å²) in [6.45, 7) is 4.13. The molecule has 0 rings (SSSR count). The molecule has 0 spiro atoms.